The van der Waals surface area contributed by atoms with Crippen LogP contribution in [0.5, 0.6) is 0 Å². The molecule has 0 rings (SSSR count). The molecule has 0 atom stereocenters. The van der Waals surface area contributed by atoms with Crippen molar-refractivity contribution < 1.29 is 9.53 Å². The van der Waals surface area contributed by atoms with Gasteiger partial charge in [-0.15, -0.1) is 30.6 Å². The van der Waals surface area contributed by atoms with E-state index >= 15 is 0 Å². The zero-order chi connectivity index (χ0) is 13.6. The fourth-order valence-electron chi connectivity index (χ4n) is 1.36. The van der Waals surface area contributed by atoms with E-state index in [0.29, 0.717) is 13.0 Å². The van der Waals surface area contributed by atoms with Crippen LogP contribution in [0, 0.1) is 0 Å². The highest BCUT2D eigenvalue weighted by molar-refractivity contribution is 14.0. The second kappa shape index (κ2) is 15.3. The molecule has 112 valence electrons. The lowest BCUT2D eigenvalue weighted by atomic mass is 10.2. The molecular weight excluding hydrogens is 357 g/mol. The minimum atomic E-state index is -0.139. The molecule has 0 aromatic rings. The van der Waals surface area contributed by atoms with Gasteiger partial charge < -0.3 is 15.4 Å². The van der Waals surface area contributed by atoms with Crippen LogP contribution in [-0.2, 0) is 9.53 Å². The molecule has 0 aromatic heterocycles. The minimum Gasteiger partial charge on any atom is -0.469 e. The van der Waals surface area contributed by atoms with E-state index in [4.69, 9.17) is 0 Å². The van der Waals surface area contributed by atoms with E-state index in [0.717, 1.165) is 38.3 Å². The Labute approximate surface area is 133 Å². The zero-order valence-electron chi connectivity index (χ0n) is 11.9. The number of unbranched alkanes of at least 4 members (excludes halogenated alkanes) is 2. The number of carbonyl (C=O) groups is 1. The normalized spacial score (nSPS) is 10.3. The summed E-state index contributed by atoms with van der Waals surface area (Å²) in [5, 5.41) is 6.29. The standard InChI is InChI=1S/C13H25N3O2.HI/c1-4-10-15-13(14-5-2)16-11-8-6-7-9-12(17)18-3;/h4H,1,5-11H2,2-3H3,(H2,14,15,16);1H. The van der Waals surface area contributed by atoms with Crippen molar-refractivity contribution in [2.45, 2.75) is 32.6 Å². The molecule has 5 nitrogen and oxygen atoms in total. The molecule has 0 fully saturated rings. The predicted octanol–water partition coefficient (Wildman–Crippen LogP) is 2.08. The number of guanidine groups is 1. The van der Waals surface area contributed by atoms with Crippen LogP contribution in [0.1, 0.15) is 32.6 Å². The summed E-state index contributed by atoms with van der Waals surface area (Å²) in [6.45, 7) is 7.98. The number of nitrogens with one attached hydrogen (secondary N) is 2. The molecule has 0 aliphatic rings. The van der Waals surface area contributed by atoms with E-state index in [1.165, 1.54) is 7.11 Å². The van der Waals surface area contributed by atoms with Crippen LogP contribution in [0.3, 0.4) is 0 Å². The van der Waals surface area contributed by atoms with E-state index in [1.54, 1.807) is 6.08 Å². The summed E-state index contributed by atoms with van der Waals surface area (Å²) in [4.78, 5) is 15.3. The molecule has 0 spiro atoms. The monoisotopic (exact) mass is 383 g/mol. The number of nitrogens with zero attached hydrogens (tertiary/aromatic N) is 1. The molecule has 0 aliphatic carbocycles. The largest absolute Gasteiger partial charge is 0.469 e. The fourth-order valence-corrected chi connectivity index (χ4v) is 1.36. The Hall–Kier alpha value is -0.790. The number of methoxy groups -OCH3 is 1. The summed E-state index contributed by atoms with van der Waals surface area (Å²) < 4.78 is 4.58. The average molecular weight is 383 g/mol. The van der Waals surface area contributed by atoms with Gasteiger partial charge in [-0.2, -0.15) is 0 Å². The van der Waals surface area contributed by atoms with E-state index < -0.39 is 0 Å². The maximum atomic E-state index is 10.9. The summed E-state index contributed by atoms with van der Waals surface area (Å²) in [6, 6.07) is 0. The van der Waals surface area contributed by atoms with E-state index in [-0.39, 0.29) is 29.9 Å². The SMILES string of the molecule is C=CCNC(=NCCCCCC(=O)OC)NCC.I. The lowest BCUT2D eigenvalue weighted by Crippen LogP contribution is -2.37. The molecule has 0 saturated carbocycles. The van der Waals surface area contributed by atoms with Gasteiger partial charge in [0.25, 0.3) is 0 Å². The van der Waals surface area contributed by atoms with Crippen molar-refractivity contribution in [3.05, 3.63) is 12.7 Å². The number of carbonyl (C=O) groups excluding carboxylic acids is 1. The highest BCUT2D eigenvalue weighted by atomic mass is 127. The Bertz CT molecular complexity index is 271. The molecule has 0 heterocycles. The minimum absolute atomic E-state index is 0. The Kier molecular flexibility index (Phi) is 16.5. The first-order valence-electron chi connectivity index (χ1n) is 6.44. The third-order valence-electron chi connectivity index (χ3n) is 2.29. The summed E-state index contributed by atoms with van der Waals surface area (Å²) in [6.07, 6.45) is 5.11. The molecule has 0 radical (unpaired) electrons. The number of halogens is 1. The fraction of sp³-hybridized carbons (Fsp3) is 0.692. The molecule has 19 heavy (non-hydrogen) atoms. The number of hydrogen-bond donors (Lipinski definition) is 2. The Morgan fingerprint density at radius 1 is 1.32 bits per heavy atom. The Morgan fingerprint density at radius 3 is 2.63 bits per heavy atom. The van der Waals surface area contributed by atoms with Crippen molar-refractivity contribution in [1.82, 2.24) is 10.6 Å². The first-order chi connectivity index (χ1) is 8.74. The van der Waals surface area contributed by atoms with Gasteiger partial charge in [-0.25, -0.2) is 0 Å². The number of hydrogen-bond acceptors (Lipinski definition) is 3. The second-order valence-corrected chi connectivity index (χ2v) is 3.82. The topological polar surface area (TPSA) is 62.7 Å². The highest BCUT2D eigenvalue weighted by Gasteiger charge is 1.99. The van der Waals surface area contributed by atoms with Gasteiger partial charge in [-0.05, 0) is 19.8 Å². The first kappa shape index (κ1) is 20.5. The van der Waals surface area contributed by atoms with Crippen LogP contribution < -0.4 is 10.6 Å². The van der Waals surface area contributed by atoms with Crippen molar-refractivity contribution in [3.8, 4) is 0 Å². The van der Waals surface area contributed by atoms with Crippen molar-refractivity contribution in [1.29, 1.82) is 0 Å². The maximum Gasteiger partial charge on any atom is 0.305 e. The van der Waals surface area contributed by atoms with Crippen LogP contribution in [0.15, 0.2) is 17.6 Å². The lowest BCUT2D eigenvalue weighted by Gasteiger charge is -2.09. The number of esters is 1. The summed E-state index contributed by atoms with van der Waals surface area (Å²) in [5.41, 5.74) is 0. The Morgan fingerprint density at radius 2 is 2.05 bits per heavy atom. The molecule has 0 unspecified atom stereocenters. The molecule has 6 heteroatoms. The van der Waals surface area contributed by atoms with Gasteiger partial charge in [-0.1, -0.05) is 12.5 Å². The molecule has 0 aliphatic heterocycles. The maximum absolute atomic E-state index is 10.9. The zero-order valence-corrected chi connectivity index (χ0v) is 14.2. The van der Waals surface area contributed by atoms with E-state index in [9.17, 15) is 4.79 Å². The first-order valence-corrected chi connectivity index (χ1v) is 6.44. The van der Waals surface area contributed by atoms with Gasteiger partial charge in [-0.3, -0.25) is 9.79 Å². The lowest BCUT2D eigenvalue weighted by molar-refractivity contribution is -0.140. The molecule has 0 bridgehead atoms. The highest BCUT2D eigenvalue weighted by Crippen LogP contribution is 2.01. The second-order valence-electron chi connectivity index (χ2n) is 3.82. The Balaban J connectivity index is 0. The van der Waals surface area contributed by atoms with Gasteiger partial charge in [0.1, 0.15) is 0 Å². The third kappa shape index (κ3) is 13.4. The van der Waals surface area contributed by atoms with E-state index in [1.807, 2.05) is 6.92 Å². The van der Waals surface area contributed by atoms with Gasteiger partial charge in [0.05, 0.1) is 7.11 Å². The van der Waals surface area contributed by atoms with Crippen molar-refractivity contribution in [2.24, 2.45) is 4.99 Å². The summed E-state index contributed by atoms with van der Waals surface area (Å²) in [7, 11) is 1.42. The van der Waals surface area contributed by atoms with Crippen molar-refractivity contribution >= 4 is 35.9 Å². The number of aliphatic imine (C=N–C) groups is 1. The summed E-state index contributed by atoms with van der Waals surface area (Å²) >= 11 is 0. The smallest absolute Gasteiger partial charge is 0.305 e. The van der Waals surface area contributed by atoms with Gasteiger partial charge in [0.15, 0.2) is 5.96 Å². The van der Waals surface area contributed by atoms with Crippen LogP contribution in [-0.4, -0.2) is 38.7 Å². The quantitative estimate of drug-likeness (QED) is 0.160. The van der Waals surface area contributed by atoms with Crippen LogP contribution in [0.2, 0.25) is 0 Å². The molecule has 0 aromatic carbocycles. The van der Waals surface area contributed by atoms with Crippen LogP contribution >= 0.6 is 24.0 Å². The number of rotatable bonds is 9. The molecular formula is C13H26IN3O2. The van der Waals surface area contributed by atoms with Crippen LogP contribution in [0.25, 0.3) is 0 Å². The predicted molar refractivity (Wildman–Crippen MR) is 90.1 cm³/mol. The molecule has 0 amide bonds. The van der Waals surface area contributed by atoms with Crippen molar-refractivity contribution in [3.63, 3.8) is 0 Å². The third-order valence-corrected chi connectivity index (χ3v) is 2.29. The van der Waals surface area contributed by atoms with Gasteiger partial charge in [0.2, 0.25) is 0 Å². The average Bonchev–Trinajstić information content (AvgIpc) is 2.39. The van der Waals surface area contributed by atoms with E-state index in [2.05, 4.69) is 26.9 Å². The molecule has 2 N–H and O–H groups in total. The molecule has 0 saturated heterocycles. The van der Waals surface area contributed by atoms with Gasteiger partial charge >= 0.3 is 5.97 Å². The van der Waals surface area contributed by atoms with Crippen molar-refractivity contribution in [2.75, 3.05) is 26.7 Å². The van der Waals surface area contributed by atoms with Crippen LogP contribution in [0.4, 0.5) is 0 Å². The van der Waals surface area contributed by atoms with Gasteiger partial charge in [0, 0.05) is 26.1 Å². The number of ether oxygens (including phenoxy) is 1. The summed E-state index contributed by atoms with van der Waals surface area (Å²) in [5.74, 6) is 0.671.